The summed E-state index contributed by atoms with van der Waals surface area (Å²) in [5.41, 5.74) is 0. The Labute approximate surface area is 87.1 Å². The van der Waals surface area contributed by atoms with Crippen molar-refractivity contribution in [1.82, 2.24) is 0 Å². The normalized spacial score (nSPS) is 9.93. The van der Waals surface area contributed by atoms with Gasteiger partial charge in [-0.25, -0.2) is 4.79 Å². The van der Waals surface area contributed by atoms with Crippen molar-refractivity contribution in [3.05, 3.63) is 36.4 Å². The molecule has 1 aromatic carbocycles. The zero-order valence-corrected chi connectivity index (χ0v) is 8.17. The van der Waals surface area contributed by atoms with Crippen LogP contribution in [0.4, 0.5) is 0 Å². The predicted molar refractivity (Wildman–Crippen MR) is 53.8 cm³/mol. The van der Waals surface area contributed by atoms with E-state index in [1.807, 2.05) is 0 Å². The zero-order chi connectivity index (χ0) is 11.1. The van der Waals surface area contributed by atoms with Crippen LogP contribution >= 0.6 is 0 Å². The summed E-state index contributed by atoms with van der Waals surface area (Å²) < 4.78 is 9.81. The van der Waals surface area contributed by atoms with E-state index >= 15 is 0 Å². The third-order valence-electron chi connectivity index (χ3n) is 1.59. The number of carbonyl (C=O) groups excluding carboxylic acids is 2. The quantitative estimate of drug-likeness (QED) is 0.323. The van der Waals surface area contributed by atoms with Gasteiger partial charge < -0.3 is 9.47 Å². The third-order valence-corrected chi connectivity index (χ3v) is 1.59. The standard InChI is InChI=1S/C11H10O4/c1-14-9-4-6-10(7-5-9)15-11(13)3-2-8-12/h2-8H,1H3. The van der Waals surface area contributed by atoms with Crippen molar-refractivity contribution in [2.75, 3.05) is 7.11 Å². The minimum absolute atomic E-state index is 0.399. The number of methoxy groups -OCH3 is 1. The minimum atomic E-state index is -0.590. The summed E-state index contributed by atoms with van der Waals surface area (Å²) in [4.78, 5) is 21.0. The molecule has 0 saturated carbocycles. The van der Waals surface area contributed by atoms with Gasteiger partial charge in [0.2, 0.25) is 0 Å². The van der Waals surface area contributed by atoms with Gasteiger partial charge >= 0.3 is 5.97 Å². The fourth-order valence-electron chi connectivity index (χ4n) is 0.912. The Bertz CT molecular complexity index is 365. The van der Waals surface area contributed by atoms with Crippen molar-refractivity contribution in [2.45, 2.75) is 0 Å². The topological polar surface area (TPSA) is 52.6 Å². The minimum Gasteiger partial charge on any atom is -0.497 e. The molecule has 0 radical (unpaired) electrons. The van der Waals surface area contributed by atoms with Gasteiger partial charge in [-0.3, -0.25) is 4.79 Å². The number of carbonyl (C=O) groups is 2. The first kappa shape index (κ1) is 11.0. The molecule has 0 aliphatic rings. The van der Waals surface area contributed by atoms with Gasteiger partial charge in [0.25, 0.3) is 0 Å². The van der Waals surface area contributed by atoms with Crippen molar-refractivity contribution in [2.24, 2.45) is 0 Å². The summed E-state index contributed by atoms with van der Waals surface area (Å²) in [6.45, 7) is 0. The largest absolute Gasteiger partial charge is 0.497 e. The molecule has 4 nitrogen and oxygen atoms in total. The highest BCUT2D eigenvalue weighted by Gasteiger charge is 1.99. The monoisotopic (exact) mass is 206 g/mol. The number of allylic oxidation sites excluding steroid dienone is 1. The molecule has 4 heteroatoms. The summed E-state index contributed by atoms with van der Waals surface area (Å²) in [6, 6.07) is 6.55. The highest BCUT2D eigenvalue weighted by Crippen LogP contribution is 2.16. The molecule has 15 heavy (non-hydrogen) atoms. The first-order valence-corrected chi connectivity index (χ1v) is 4.24. The van der Waals surface area contributed by atoms with E-state index < -0.39 is 5.97 Å². The molecule has 0 atom stereocenters. The molecule has 0 fully saturated rings. The van der Waals surface area contributed by atoms with Crippen LogP contribution in [-0.2, 0) is 9.59 Å². The smallest absolute Gasteiger partial charge is 0.336 e. The summed E-state index contributed by atoms with van der Waals surface area (Å²) >= 11 is 0. The molecule has 1 aromatic rings. The third kappa shape index (κ3) is 3.64. The number of aldehydes is 1. The Morgan fingerprint density at radius 1 is 1.20 bits per heavy atom. The molecule has 0 bridgehead atoms. The molecular weight excluding hydrogens is 196 g/mol. The maximum absolute atomic E-state index is 11.0. The van der Waals surface area contributed by atoms with Crippen LogP contribution in [0.3, 0.4) is 0 Å². The van der Waals surface area contributed by atoms with E-state index in [0.29, 0.717) is 17.8 Å². The van der Waals surface area contributed by atoms with E-state index in [1.54, 1.807) is 31.4 Å². The van der Waals surface area contributed by atoms with Gasteiger partial charge in [0.15, 0.2) is 0 Å². The predicted octanol–water partition coefficient (Wildman–Crippen LogP) is 1.36. The number of esters is 1. The molecule has 1 rings (SSSR count). The lowest BCUT2D eigenvalue weighted by Crippen LogP contribution is -2.03. The van der Waals surface area contributed by atoms with Crippen LogP contribution in [0.5, 0.6) is 11.5 Å². The Balaban J connectivity index is 2.60. The van der Waals surface area contributed by atoms with E-state index in [1.165, 1.54) is 0 Å². The molecule has 0 saturated heterocycles. The fourth-order valence-corrected chi connectivity index (χ4v) is 0.912. The molecule has 0 aliphatic carbocycles. The first-order chi connectivity index (χ1) is 7.26. The molecule has 0 spiro atoms. The van der Waals surface area contributed by atoms with Crippen molar-refractivity contribution in [3.63, 3.8) is 0 Å². The Kier molecular flexibility index (Phi) is 4.09. The zero-order valence-electron chi connectivity index (χ0n) is 8.17. The van der Waals surface area contributed by atoms with Crippen molar-refractivity contribution in [1.29, 1.82) is 0 Å². The van der Waals surface area contributed by atoms with Crippen LogP contribution in [-0.4, -0.2) is 19.4 Å². The molecule has 0 N–H and O–H groups in total. The first-order valence-electron chi connectivity index (χ1n) is 4.24. The molecule has 78 valence electrons. The molecule has 0 unspecified atom stereocenters. The van der Waals surface area contributed by atoms with Gasteiger partial charge in [-0.15, -0.1) is 0 Å². The van der Waals surface area contributed by atoms with E-state index in [9.17, 15) is 9.59 Å². The summed E-state index contributed by atoms with van der Waals surface area (Å²) in [5, 5.41) is 0. The summed E-state index contributed by atoms with van der Waals surface area (Å²) in [6.07, 6.45) is 2.64. The lowest BCUT2D eigenvalue weighted by Gasteiger charge is -2.02. The highest BCUT2D eigenvalue weighted by atomic mass is 16.5. The van der Waals surface area contributed by atoms with Crippen molar-refractivity contribution >= 4 is 12.3 Å². The van der Waals surface area contributed by atoms with E-state index in [4.69, 9.17) is 9.47 Å². The molecular formula is C11H10O4. The summed E-state index contributed by atoms with van der Waals surface area (Å²) in [5.74, 6) is 0.488. The second kappa shape index (κ2) is 5.59. The number of hydrogen-bond acceptors (Lipinski definition) is 4. The van der Waals surface area contributed by atoms with Crippen LogP contribution in [0.2, 0.25) is 0 Å². The number of benzene rings is 1. The van der Waals surface area contributed by atoms with Crippen LogP contribution in [0.15, 0.2) is 36.4 Å². The lowest BCUT2D eigenvalue weighted by molar-refractivity contribution is -0.129. The highest BCUT2D eigenvalue weighted by molar-refractivity contribution is 5.88. The van der Waals surface area contributed by atoms with Gasteiger partial charge in [0.1, 0.15) is 17.8 Å². The fraction of sp³-hybridized carbons (Fsp3) is 0.0909. The van der Waals surface area contributed by atoms with Crippen LogP contribution in [0, 0.1) is 0 Å². The van der Waals surface area contributed by atoms with Crippen LogP contribution in [0.25, 0.3) is 0 Å². The van der Waals surface area contributed by atoms with Gasteiger partial charge in [-0.2, -0.15) is 0 Å². The van der Waals surface area contributed by atoms with Crippen molar-refractivity contribution < 1.29 is 19.1 Å². The van der Waals surface area contributed by atoms with Crippen LogP contribution < -0.4 is 9.47 Å². The molecule has 0 aliphatic heterocycles. The average molecular weight is 206 g/mol. The van der Waals surface area contributed by atoms with Crippen LogP contribution in [0.1, 0.15) is 0 Å². The maximum Gasteiger partial charge on any atom is 0.336 e. The number of rotatable bonds is 4. The van der Waals surface area contributed by atoms with E-state index in [-0.39, 0.29) is 0 Å². The average Bonchev–Trinajstić information content (AvgIpc) is 2.27. The van der Waals surface area contributed by atoms with Crippen molar-refractivity contribution in [3.8, 4) is 11.5 Å². The molecule has 0 heterocycles. The molecule has 0 aromatic heterocycles. The van der Waals surface area contributed by atoms with Gasteiger partial charge in [0.05, 0.1) is 7.11 Å². The second-order valence-corrected chi connectivity index (χ2v) is 2.59. The summed E-state index contributed by atoms with van der Waals surface area (Å²) in [7, 11) is 1.55. The Morgan fingerprint density at radius 2 is 1.80 bits per heavy atom. The van der Waals surface area contributed by atoms with E-state index in [0.717, 1.165) is 12.2 Å². The number of hydrogen-bond donors (Lipinski definition) is 0. The Hall–Kier alpha value is -2.10. The lowest BCUT2D eigenvalue weighted by atomic mass is 10.3. The number of ether oxygens (including phenoxy) is 2. The van der Waals surface area contributed by atoms with Gasteiger partial charge in [-0.1, -0.05) is 0 Å². The van der Waals surface area contributed by atoms with Gasteiger partial charge in [0, 0.05) is 6.08 Å². The van der Waals surface area contributed by atoms with Gasteiger partial charge in [-0.05, 0) is 30.3 Å². The molecule has 0 amide bonds. The van der Waals surface area contributed by atoms with E-state index in [2.05, 4.69) is 0 Å². The maximum atomic E-state index is 11.0. The second-order valence-electron chi connectivity index (χ2n) is 2.59. The SMILES string of the molecule is COc1ccc(OC(=O)C=CC=O)cc1. The Morgan fingerprint density at radius 3 is 2.33 bits per heavy atom.